The molecule has 1 aliphatic carbocycles. The maximum atomic E-state index is 11.1. The average Bonchev–Trinajstić information content (AvgIpc) is 2.27. The number of carbonyl (C=O) groups excluding carboxylic acids is 1. The predicted octanol–water partition coefficient (Wildman–Crippen LogP) is 0.257. The second kappa shape index (κ2) is 2.23. The molecule has 2 atom stereocenters. The number of β-lactam (4-membered cyclic amide) rings is 1. The number of fused-ring (bicyclic) bond motifs is 1. The van der Waals surface area contributed by atoms with Crippen LogP contribution in [0.5, 0.6) is 0 Å². The average molecular weight is 208 g/mol. The molecule has 0 spiro atoms. The second-order valence-electron chi connectivity index (χ2n) is 2.84. The zero-order valence-corrected chi connectivity index (χ0v) is 7.55. The van der Waals surface area contributed by atoms with Gasteiger partial charge in [-0.25, -0.2) is 4.31 Å². The summed E-state index contributed by atoms with van der Waals surface area (Å²) in [5.74, 6) is -0.571. The molecular formula is C6H6ClNO3S. The normalized spacial score (nSPS) is 33.4. The number of carbonyl (C=O) groups is 1. The summed E-state index contributed by atoms with van der Waals surface area (Å²) in [4.78, 5) is 11.1. The molecule has 2 unspecified atom stereocenters. The Morgan fingerprint density at radius 2 is 2.25 bits per heavy atom. The SMILES string of the molecule is O=C1C2CC=CC2N1S(=O)(=O)Cl. The number of halogens is 1. The van der Waals surface area contributed by atoms with Crippen LogP contribution in [0.25, 0.3) is 0 Å². The van der Waals surface area contributed by atoms with Crippen LogP contribution in [0.3, 0.4) is 0 Å². The van der Waals surface area contributed by atoms with E-state index in [1.54, 1.807) is 12.2 Å². The van der Waals surface area contributed by atoms with Gasteiger partial charge in [0.05, 0.1) is 12.0 Å². The quantitative estimate of drug-likeness (QED) is 0.352. The molecule has 12 heavy (non-hydrogen) atoms. The number of amides is 1. The van der Waals surface area contributed by atoms with Gasteiger partial charge in [0.1, 0.15) is 0 Å². The highest BCUT2D eigenvalue weighted by Gasteiger charge is 2.52. The third kappa shape index (κ3) is 0.895. The Kier molecular flexibility index (Phi) is 1.50. The van der Waals surface area contributed by atoms with Gasteiger partial charge in [-0.15, -0.1) is 0 Å². The van der Waals surface area contributed by atoms with E-state index in [2.05, 4.69) is 0 Å². The van der Waals surface area contributed by atoms with Crippen LogP contribution in [0.1, 0.15) is 6.42 Å². The van der Waals surface area contributed by atoms with E-state index < -0.39 is 9.24 Å². The molecule has 1 fully saturated rings. The zero-order chi connectivity index (χ0) is 8.93. The van der Waals surface area contributed by atoms with Gasteiger partial charge >= 0.3 is 9.24 Å². The van der Waals surface area contributed by atoms with Gasteiger partial charge < -0.3 is 0 Å². The first kappa shape index (κ1) is 8.07. The Morgan fingerprint density at radius 3 is 2.83 bits per heavy atom. The fraction of sp³-hybridized carbons (Fsp3) is 0.500. The molecule has 2 aliphatic rings. The van der Waals surface area contributed by atoms with Crippen LogP contribution in [-0.4, -0.2) is 24.7 Å². The molecule has 0 aromatic heterocycles. The highest BCUT2D eigenvalue weighted by atomic mass is 35.7. The lowest BCUT2D eigenvalue weighted by Crippen LogP contribution is -2.59. The summed E-state index contributed by atoms with van der Waals surface area (Å²) < 4.78 is 22.3. The number of rotatable bonds is 1. The number of hydrogen-bond acceptors (Lipinski definition) is 3. The fourth-order valence-electron chi connectivity index (χ4n) is 1.61. The highest BCUT2D eigenvalue weighted by molar-refractivity contribution is 8.12. The molecule has 4 nitrogen and oxygen atoms in total. The molecule has 0 saturated carbocycles. The van der Waals surface area contributed by atoms with Crippen molar-refractivity contribution in [1.29, 1.82) is 0 Å². The first-order valence-corrected chi connectivity index (χ1v) is 5.73. The molecule has 0 aromatic rings. The highest BCUT2D eigenvalue weighted by Crippen LogP contribution is 2.38. The van der Waals surface area contributed by atoms with E-state index in [9.17, 15) is 13.2 Å². The summed E-state index contributed by atoms with van der Waals surface area (Å²) in [6, 6.07) is -0.319. The minimum absolute atomic E-state index is 0.182. The third-order valence-corrected chi connectivity index (χ3v) is 3.52. The Hall–Kier alpha value is -0.550. The van der Waals surface area contributed by atoms with Crippen molar-refractivity contribution < 1.29 is 13.2 Å². The van der Waals surface area contributed by atoms with Crippen LogP contribution in [0.4, 0.5) is 0 Å². The molecule has 0 radical (unpaired) electrons. The minimum atomic E-state index is -3.86. The van der Waals surface area contributed by atoms with E-state index >= 15 is 0 Å². The van der Waals surface area contributed by atoms with Crippen molar-refractivity contribution in [3.8, 4) is 0 Å². The van der Waals surface area contributed by atoms with E-state index in [-0.39, 0.29) is 17.9 Å². The molecule has 1 aliphatic heterocycles. The summed E-state index contributed by atoms with van der Waals surface area (Å²) in [6.07, 6.45) is 4.13. The van der Waals surface area contributed by atoms with E-state index in [1.165, 1.54) is 0 Å². The maximum absolute atomic E-state index is 11.1. The molecule has 0 N–H and O–H groups in total. The maximum Gasteiger partial charge on any atom is 0.324 e. The van der Waals surface area contributed by atoms with Crippen molar-refractivity contribution in [1.82, 2.24) is 4.31 Å². The predicted molar refractivity (Wildman–Crippen MR) is 42.7 cm³/mol. The van der Waals surface area contributed by atoms with Crippen molar-refractivity contribution in [2.45, 2.75) is 12.5 Å². The second-order valence-corrected chi connectivity index (χ2v) is 5.22. The standard InChI is InChI=1S/C6H6ClNO3S/c7-12(10,11)8-5-3-1-2-4(5)6(8)9/h1,3-5H,2H2. The largest absolute Gasteiger partial charge is 0.324 e. The molecule has 2 rings (SSSR count). The first-order valence-electron chi connectivity index (χ1n) is 3.46. The molecule has 6 heteroatoms. The van der Waals surface area contributed by atoms with Gasteiger partial charge in [-0.1, -0.05) is 12.2 Å². The van der Waals surface area contributed by atoms with Gasteiger partial charge in [-0.05, 0) is 6.42 Å². The molecule has 1 saturated heterocycles. The Labute approximate surface area is 74.4 Å². The van der Waals surface area contributed by atoms with Gasteiger partial charge in [-0.2, -0.15) is 8.42 Å². The van der Waals surface area contributed by atoms with E-state index in [0.29, 0.717) is 6.42 Å². The monoisotopic (exact) mass is 207 g/mol. The molecule has 1 heterocycles. The van der Waals surface area contributed by atoms with Crippen LogP contribution in [-0.2, 0) is 14.0 Å². The van der Waals surface area contributed by atoms with Crippen LogP contribution >= 0.6 is 10.7 Å². The van der Waals surface area contributed by atoms with Crippen LogP contribution < -0.4 is 0 Å². The molecule has 0 aromatic carbocycles. The van der Waals surface area contributed by atoms with E-state index in [4.69, 9.17) is 10.7 Å². The number of hydrogen-bond donors (Lipinski definition) is 0. The van der Waals surface area contributed by atoms with Gasteiger partial charge in [-0.3, -0.25) is 4.79 Å². The van der Waals surface area contributed by atoms with Gasteiger partial charge in [0.25, 0.3) is 0 Å². The Bertz CT molecular complexity index is 361. The topological polar surface area (TPSA) is 54.5 Å². The van der Waals surface area contributed by atoms with Crippen LogP contribution in [0, 0.1) is 5.92 Å². The number of nitrogens with zero attached hydrogens (tertiary/aromatic N) is 1. The van der Waals surface area contributed by atoms with E-state index in [1.807, 2.05) is 0 Å². The zero-order valence-electron chi connectivity index (χ0n) is 5.97. The fourth-order valence-corrected chi connectivity index (χ4v) is 2.95. The summed E-state index contributed by atoms with van der Waals surface area (Å²) in [7, 11) is 1.18. The van der Waals surface area contributed by atoms with Crippen LogP contribution in [0.15, 0.2) is 12.2 Å². The minimum Gasteiger partial charge on any atom is -0.273 e. The van der Waals surface area contributed by atoms with Gasteiger partial charge in [0.15, 0.2) is 0 Å². The van der Waals surface area contributed by atoms with Crippen molar-refractivity contribution in [2.24, 2.45) is 5.92 Å². The van der Waals surface area contributed by atoms with Crippen LogP contribution in [0.2, 0.25) is 0 Å². The van der Waals surface area contributed by atoms with Crippen molar-refractivity contribution in [2.75, 3.05) is 0 Å². The van der Waals surface area contributed by atoms with E-state index in [0.717, 1.165) is 4.31 Å². The first-order chi connectivity index (χ1) is 5.52. The number of allylic oxidation sites excluding steroid dienone is 1. The lowest BCUT2D eigenvalue weighted by molar-refractivity contribution is -0.142. The van der Waals surface area contributed by atoms with Gasteiger partial charge in [0, 0.05) is 10.7 Å². The molecule has 0 bridgehead atoms. The smallest absolute Gasteiger partial charge is 0.273 e. The Balaban J connectivity index is 2.31. The molecule has 1 amide bonds. The summed E-state index contributed by atoms with van der Waals surface area (Å²) in [5.41, 5.74) is 0. The van der Waals surface area contributed by atoms with Crippen molar-refractivity contribution in [3.05, 3.63) is 12.2 Å². The molecule has 66 valence electrons. The van der Waals surface area contributed by atoms with Crippen molar-refractivity contribution >= 4 is 25.8 Å². The summed E-state index contributed by atoms with van der Waals surface area (Å²) >= 11 is 0. The lowest BCUT2D eigenvalue weighted by Gasteiger charge is -2.39. The summed E-state index contributed by atoms with van der Waals surface area (Å²) in [5, 5.41) is 0. The third-order valence-electron chi connectivity index (χ3n) is 2.18. The lowest BCUT2D eigenvalue weighted by atomic mass is 9.94. The Morgan fingerprint density at radius 1 is 1.58 bits per heavy atom. The summed E-state index contributed by atoms with van der Waals surface area (Å²) in [6.45, 7) is 0. The van der Waals surface area contributed by atoms with Gasteiger partial charge in [0.2, 0.25) is 5.91 Å². The van der Waals surface area contributed by atoms with Crippen molar-refractivity contribution in [3.63, 3.8) is 0 Å². The molecular weight excluding hydrogens is 202 g/mol.